The maximum atomic E-state index is 13.2. The second kappa shape index (κ2) is 11.7. The standard InChI is InChI=1S/C30H30N6O5/c1-38-24-9-7-20(8-10-24)16-36-29(32-33-34-36)19-35(17-21-5-3-4-6-26(21)39-2)18-23-13-22-14-27-28(41-12-11-40-27)15-25(22)31-30(23)37/h3-10,13-15H,11-12,16-19H2,1-2H3,(H,31,37). The number of H-pyrrole nitrogens is 1. The lowest BCUT2D eigenvalue weighted by Crippen LogP contribution is -2.28. The molecule has 210 valence electrons. The monoisotopic (exact) mass is 554 g/mol. The van der Waals surface area contributed by atoms with Gasteiger partial charge in [0.15, 0.2) is 17.3 Å². The van der Waals surface area contributed by atoms with Crippen molar-refractivity contribution in [3.63, 3.8) is 0 Å². The van der Waals surface area contributed by atoms with Gasteiger partial charge in [0.1, 0.15) is 24.7 Å². The van der Waals surface area contributed by atoms with Gasteiger partial charge in [0.2, 0.25) is 0 Å². The minimum absolute atomic E-state index is 0.169. The highest BCUT2D eigenvalue weighted by atomic mass is 16.6. The van der Waals surface area contributed by atoms with Crippen LogP contribution < -0.4 is 24.5 Å². The third-order valence-corrected chi connectivity index (χ3v) is 7.03. The molecule has 0 atom stereocenters. The Kier molecular flexibility index (Phi) is 7.50. The molecule has 1 aliphatic heterocycles. The van der Waals surface area contributed by atoms with Crippen molar-refractivity contribution in [1.82, 2.24) is 30.1 Å². The molecule has 11 nitrogen and oxygen atoms in total. The van der Waals surface area contributed by atoms with Crippen LogP contribution in [0, 0.1) is 0 Å². The average molecular weight is 555 g/mol. The minimum atomic E-state index is -0.169. The first-order valence-electron chi connectivity index (χ1n) is 13.3. The molecule has 0 unspecified atom stereocenters. The second-order valence-electron chi connectivity index (χ2n) is 9.76. The van der Waals surface area contributed by atoms with Gasteiger partial charge in [-0.05, 0) is 46.3 Å². The molecular weight excluding hydrogens is 524 g/mol. The summed E-state index contributed by atoms with van der Waals surface area (Å²) in [5.74, 6) is 3.53. The van der Waals surface area contributed by atoms with Crippen LogP contribution in [0.4, 0.5) is 0 Å². The zero-order chi connectivity index (χ0) is 28.2. The number of para-hydroxylation sites is 1. The molecule has 0 saturated heterocycles. The third kappa shape index (κ3) is 5.85. The molecule has 0 aliphatic carbocycles. The molecule has 0 fully saturated rings. The van der Waals surface area contributed by atoms with Gasteiger partial charge in [-0.15, -0.1) is 5.10 Å². The molecule has 0 bridgehead atoms. The summed E-state index contributed by atoms with van der Waals surface area (Å²) in [5, 5.41) is 13.4. The van der Waals surface area contributed by atoms with Crippen LogP contribution in [0.25, 0.3) is 10.9 Å². The first kappa shape index (κ1) is 26.3. The number of benzene rings is 3. The van der Waals surface area contributed by atoms with Crippen LogP contribution in [0.1, 0.15) is 22.5 Å². The average Bonchev–Trinajstić information content (AvgIpc) is 3.43. The summed E-state index contributed by atoms with van der Waals surface area (Å²) in [6.07, 6.45) is 0. The Morgan fingerprint density at radius 1 is 0.902 bits per heavy atom. The predicted molar refractivity (Wildman–Crippen MR) is 151 cm³/mol. The molecule has 41 heavy (non-hydrogen) atoms. The molecule has 1 aliphatic rings. The number of hydrogen-bond acceptors (Lipinski definition) is 9. The molecule has 11 heteroatoms. The van der Waals surface area contributed by atoms with E-state index in [1.54, 1.807) is 18.9 Å². The SMILES string of the molecule is COc1ccc(Cn2nnnc2CN(Cc2ccccc2OC)Cc2cc3cc4c(cc3[nH]c2=O)OCCO4)cc1. The van der Waals surface area contributed by atoms with Gasteiger partial charge in [-0.1, -0.05) is 30.3 Å². The van der Waals surface area contributed by atoms with Crippen LogP contribution in [0.2, 0.25) is 0 Å². The number of hydrogen-bond donors (Lipinski definition) is 1. The summed E-state index contributed by atoms with van der Waals surface area (Å²) in [6, 6.07) is 21.3. The van der Waals surface area contributed by atoms with Crippen LogP contribution in [0.15, 0.2) is 71.5 Å². The van der Waals surface area contributed by atoms with Crippen molar-refractivity contribution in [2.24, 2.45) is 0 Å². The van der Waals surface area contributed by atoms with E-state index in [1.165, 1.54) is 0 Å². The van der Waals surface area contributed by atoms with Crippen molar-refractivity contribution >= 4 is 10.9 Å². The Morgan fingerprint density at radius 2 is 1.66 bits per heavy atom. The molecule has 1 N–H and O–H groups in total. The van der Waals surface area contributed by atoms with Gasteiger partial charge in [0, 0.05) is 35.7 Å². The van der Waals surface area contributed by atoms with E-state index < -0.39 is 0 Å². The summed E-state index contributed by atoms with van der Waals surface area (Å²) in [7, 11) is 3.29. The van der Waals surface area contributed by atoms with E-state index in [9.17, 15) is 4.79 Å². The molecule has 0 radical (unpaired) electrons. The largest absolute Gasteiger partial charge is 0.497 e. The van der Waals surface area contributed by atoms with Crippen molar-refractivity contribution in [2.45, 2.75) is 26.2 Å². The molecule has 0 spiro atoms. The number of ether oxygens (including phenoxy) is 4. The molecule has 3 aromatic carbocycles. The highest BCUT2D eigenvalue weighted by molar-refractivity contribution is 5.83. The number of tetrazole rings is 1. The molecule has 0 amide bonds. The van der Waals surface area contributed by atoms with Crippen molar-refractivity contribution in [1.29, 1.82) is 0 Å². The van der Waals surface area contributed by atoms with Gasteiger partial charge >= 0.3 is 0 Å². The predicted octanol–water partition coefficient (Wildman–Crippen LogP) is 3.55. The quantitative estimate of drug-likeness (QED) is 0.277. The fourth-order valence-electron chi connectivity index (χ4n) is 4.95. The summed E-state index contributed by atoms with van der Waals surface area (Å²) in [5.41, 5.74) is 3.16. The lowest BCUT2D eigenvalue weighted by atomic mass is 10.1. The summed E-state index contributed by atoms with van der Waals surface area (Å²) < 4.78 is 24.1. The summed E-state index contributed by atoms with van der Waals surface area (Å²) in [4.78, 5) is 18.4. The van der Waals surface area contributed by atoms with Gasteiger partial charge in [-0.25, -0.2) is 4.68 Å². The normalized spacial score (nSPS) is 12.6. The lowest BCUT2D eigenvalue weighted by molar-refractivity contribution is 0.172. The maximum Gasteiger partial charge on any atom is 0.252 e. The van der Waals surface area contributed by atoms with Crippen molar-refractivity contribution < 1.29 is 18.9 Å². The highest BCUT2D eigenvalue weighted by Gasteiger charge is 2.19. The van der Waals surface area contributed by atoms with Crippen LogP contribution >= 0.6 is 0 Å². The second-order valence-corrected chi connectivity index (χ2v) is 9.76. The zero-order valence-electron chi connectivity index (χ0n) is 22.9. The summed E-state index contributed by atoms with van der Waals surface area (Å²) in [6.45, 7) is 2.74. The fraction of sp³-hybridized carbons (Fsp3) is 0.267. The van der Waals surface area contributed by atoms with E-state index in [2.05, 4.69) is 25.4 Å². The number of methoxy groups -OCH3 is 2. The van der Waals surface area contributed by atoms with E-state index in [-0.39, 0.29) is 5.56 Å². The lowest BCUT2D eigenvalue weighted by Gasteiger charge is -2.23. The zero-order valence-corrected chi connectivity index (χ0v) is 22.9. The van der Waals surface area contributed by atoms with E-state index in [0.29, 0.717) is 67.8 Å². The summed E-state index contributed by atoms with van der Waals surface area (Å²) >= 11 is 0. The van der Waals surface area contributed by atoms with Crippen LogP contribution in [-0.2, 0) is 26.2 Å². The fourth-order valence-corrected chi connectivity index (χ4v) is 4.95. The number of fused-ring (bicyclic) bond motifs is 2. The van der Waals surface area contributed by atoms with Crippen molar-refractivity contribution in [3.05, 3.63) is 99.6 Å². The van der Waals surface area contributed by atoms with E-state index in [0.717, 1.165) is 28.0 Å². The van der Waals surface area contributed by atoms with Gasteiger partial charge < -0.3 is 23.9 Å². The Bertz CT molecular complexity index is 1720. The van der Waals surface area contributed by atoms with Gasteiger partial charge in [0.05, 0.1) is 32.8 Å². The van der Waals surface area contributed by atoms with Crippen LogP contribution in [0.5, 0.6) is 23.0 Å². The Balaban J connectivity index is 1.31. The van der Waals surface area contributed by atoms with Gasteiger partial charge in [-0.3, -0.25) is 9.69 Å². The number of nitrogens with zero attached hydrogens (tertiary/aromatic N) is 5. The number of nitrogens with one attached hydrogen (secondary N) is 1. The molecule has 5 aromatic rings. The number of rotatable bonds is 10. The van der Waals surface area contributed by atoms with Crippen molar-refractivity contribution in [3.8, 4) is 23.0 Å². The van der Waals surface area contributed by atoms with Gasteiger partial charge in [0.25, 0.3) is 5.56 Å². The highest BCUT2D eigenvalue weighted by Crippen LogP contribution is 2.34. The first-order chi connectivity index (χ1) is 20.1. The van der Waals surface area contributed by atoms with Crippen molar-refractivity contribution in [2.75, 3.05) is 27.4 Å². The number of aromatic amines is 1. The molecular formula is C30H30N6O5. The number of pyridine rings is 1. The molecule has 3 heterocycles. The Hall–Kier alpha value is -4.90. The van der Waals surface area contributed by atoms with E-state index >= 15 is 0 Å². The Labute approximate surface area is 236 Å². The van der Waals surface area contributed by atoms with E-state index in [1.807, 2.05) is 66.7 Å². The smallest absolute Gasteiger partial charge is 0.252 e. The molecule has 2 aromatic heterocycles. The van der Waals surface area contributed by atoms with Crippen LogP contribution in [-0.4, -0.2) is 57.5 Å². The Morgan fingerprint density at radius 3 is 2.44 bits per heavy atom. The van der Waals surface area contributed by atoms with E-state index in [4.69, 9.17) is 18.9 Å². The topological polar surface area (TPSA) is 117 Å². The molecule has 6 rings (SSSR count). The third-order valence-electron chi connectivity index (χ3n) is 7.03. The van der Waals surface area contributed by atoms with Gasteiger partial charge in [-0.2, -0.15) is 0 Å². The molecule has 0 saturated carbocycles. The first-order valence-corrected chi connectivity index (χ1v) is 13.3. The maximum absolute atomic E-state index is 13.2. The number of aromatic nitrogens is 5. The van der Waals surface area contributed by atoms with Crippen LogP contribution in [0.3, 0.4) is 0 Å². The minimum Gasteiger partial charge on any atom is -0.497 e.